The van der Waals surface area contributed by atoms with Crippen LogP contribution in [0.3, 0.4) is 0 Å². The van der Waals surface area contributed by atoms with Crippen LogP contribution in [0.1, 0.15) is 17.7 Å². The van der Waals surface area contributed by atoms with Gasteiger partial charge in [0.05, 0.1) is 31.3 Å². The largest absolute Gasteiger partial charge is 0.477 e. The summed E-state index contributed by atoms with van der Waals surface area (Å²) in [5.41, 5.74) is 1.83. The summed E-state index contributed by atoms with van der Waals surface area (Å²) in [5.74, 6) is 0.467. The van der Waals surface area contributed by atoms with E-state index < -0.39 is 0 Å². The predicted octanol–water partition coefficient (Wildman–Crippen LogP) is 1.98. The number of hydrogen-bond donors (Lipinski definition) is 1. The Morgan fingerprint density at radius 1 is 1.11 bits per heavy atom. The van der Waals surface area contributed by atoms with Gasteiger partial charge in [0.1, 0.15) is 0 Å². The van der Waals surface area contributed by atoms with E-state index >= 15 is 0 Å². The molecule has 4 heteroatoms. The summed E-state index contributed by atoms with van der Waals surface area (Å²) in [6.45, 7) is 0.479. The number of rotatable bonds is 6. The monoisotopic (exact) mass is 244 g/mol. The number of aryl methyl sites for hydroxylation is 1. The first-order chi connectivity index (χ1) is 8.88. The van der Waals surface area contributed by atoms with E-state index in [0.717, 1.165) is 12.8 Å². The Labute approximate surface area is 106 Å². The zero-order valence-electron chi connectivity index (χ0n) is 10.1. The molecule has 0 bridgehead atoms. The molecule has 18 heavy (non-hydrogen) atoms. The zero-order chi connectivity index (χ0) is 12.6. The Bertz CT molecular complexity index is 474. The maximum absolute atomic E-state index is 8.92. The molecule has 0 saturated heterocycles. The first-order valence-electron chi connectivity index (χ1n) is 5.97. The molecule has 0 aliphatic rings. The maximum atomic E-state index is 8.92. The van der Waals surface area contributed by atoms with Crippen molar-refractivity contribution >= 4 is 0 Å². The van der Waals surface area contributed by atoms with Gasteiger partial charge in [-0.25, -0.2) is 4.98 Å². The molecule has 1 heterocycles. The SMILES string of the molecule is OCc1cncc(OCCCc2ccccc2)n1. The highest BCUT2D eigenvalue weighted by Gasteiger charge is 1.99. The number of aromatic nitrogens is 2. The minimum atomic E-state index is -0.117. The second-order valence-corrected chi connectivity index (χ2v) is 3.94. The van der Waals surface area contributed by atoms with E-state index in [1.807, 2.05) is 18.2 Å². The standard InChI is InChI=1S/C14H16N2O2/c17-11-13-9-15-10-14(16-13)18-8-4-7-12-5-2-1-3-6-12/h1-3,5-6,9-10,17H,4,7-8,11H2. The summed E-state index contributed by atoms with van der Waals surface area (Å²) < 4.78 is 5.49. The Balaban J connectivity index is 1.75. The van der Waals surface area contributed by atoms with E-state index in [9.17, 15) is 0 Å². The minimum absolute atomic E-state index is 0.117. The van der Waals surface area contributed by atoms with Gasteiger partial charge in [-0.15, -0.1) is 0 Å². The summed E-state index contributed by atoms with van der Waals surface area (Å²) in [5, 5.41) is 8.92. The topological polar surface area (TPSA) is 55.2 Å². The molecule has 1 N–H and O–H groups in total. The first kappa shape index (κ1) is 12.5. The normalized spacial score (nSPS) is 10.3. The van der Waals surface area contributed by atoms with Crippen molar-refractivity contribution in [1.82, 2.24) is 9.97 Å². The van der Waals surface area contributed by atoms with Crippen LogP contribution in [0.2, 0.25) is 0 Å². The summed E-state index contributed by atoms with van der Waals surface area (Å²) in [6.07, 6.45) is 4.99. The average molecular weight is 244 g/mol. The number of benzene rings is 1. The van der Waals surface area contributed by atoms with Crippen LogP contribution < -0.4 is 4.74 Å². The lowest BCUT2D eigenvalue weighted by Gasteiger charge is -2.05. The third-order valence-corrected chi connectivity index (χ3v) is 2.53. The van der Waals surface area contributed by atoms with Crippen LogP contribution in [0.15, 0.2) is 42.7 Å². The highest BCUT2D eigenvalue weighted by atomic mass is 16.5. The fraction of sp³-hybridized carbons (Fsp3) is 0.286. The van der Waals surface area contributed by atoms with Crippen LogP contribution >= 0.6 is 0 Å². The molecule has 0 spiro atoms. The number of aliphatic hydroxyl groups excluding tert-OH is 1. The Morgan fingerprint density at radius 3 is 2.72 bits per heavy atom. The van der Waals surface area contributed by atoms with Gasteiger partial charge >= 0.3 is 0 Å². The summed E-state index contributed by atoms with van der Waals surface area (Å²) in [4.78, 5) is 8.05. The molecule has 4 nitrogen and oxygen atoms in total. The second kappa shape index (κ2) is 6.71. The molecule has 0 unspecified atom stereocenters. The summed E-state index contributed by atoms with van der Waals surface area (Å²) in [6, 6.07) is 10.3. The van der Waals surface area contributed by atoms with Gasteiger partial charge in [0.2, 0.25) is 5.88 Å². The minimum Gasteiger partial charge on any atom is -0.477 e. The highest BCUT2D eigenvalue weighted by Crippen LogP contribution is 2.07. The lowest BCUT2D eigenvalue weighted by atomic mass is 10.1. The van der Waals surface area contributed by atoms with Crippen molar-refractivity contribution in [3.63, 3.8) is 0 Å². The van der Waals surface area contributed by atoms with E-state index in [-0.39, 0.29) is 6.61 Å². The van der Waals surface area contributed by atoms with Gasteiger partial charge in [-0.3, -0.25) is 4.98 Å². The fourth-order valence-corrected chi connectivity index (χ4v) is 1.63. The van der Waals surface area contributed by atoms with Gasteiger partial charge in [0.25, 0.3) is 0 Å². The molecule has 1 aromatic heterocycles. The van der Waals surface area contributed by atoms with Crippen LogP contribution in [-0.2, 0) is 13.0 Å². The number of ether oxygens (including phenoxy) is 1. The Hall–Kier alpha value is -1.94. The maximum Gasteiger partial charge on any atom is 0.232 e. The average Bonchev–Trinajstić information content (AvgIpc) is 2.45. The molecule has 0 fully saturated rings. The van der Waals surface area contributed by atoms with Crippen molar-refractivity contribution in [1.29, 1.82) is 0 Å². The van der Waals surface area contributed by atoms with Gasteiger partial charge in [-0.1, -0.05) is 30.3 Å². The molecule has 0 aliphatic carbocycles. The fourth-order valence-electron chi connectivity index (χ4n) is 1.63. The van der Waals surface area contributed by atoms with Crippen molar-refractivity contribution < 1.29 is 9.84 Å². The van der Waals surface area contributed by atoms with Crippen molar-refractivity contribution in [3.05, 3.63) is 54.0 Å². The third-order valence-electron chi connectivity index (χ3n) is 2.53. The molecule has 0 amide bonds. The molecule has 2 aromatic rings. The molecular weight excluding hydrogens is 228 g/mol. The lowest BCUT2D eigenvalue weighted by Crippen LogP contribution is -2.02. The molecule has 94 valence electrons. The smallest absolute Gasteiger partial charge is 0.232 e. The molecule has 0 radical (unpaired) electrons. The first-order valence-corrected chi connectivity index (χ1v) is 5.97. The van der Waals surface area contributed by atoms with Crippen LogP contribution in [-0.4, -0.2) is 21.7 Å². The van der Waals surface area contributed by atoms with Gasteiger partial charge < -0.3 is 9.84 Å². The van der Waals surface area contributed by atoms with Crippen LogP contribution in [0.25, 0.3) is 0 Å². The highest BCUT2D eigenvalue weighted by molar-refractivity contribution is 5.14. The van der Waals surface area contributed by atoms with E-state index in [4.69, 9.17) is 9.84 Å². The summed E-state index contributed by atoms with van der Waals surface area (Å²) >= 11 is 0. The van der Waals surface area contributed by atoms with E-state index in [0.29, 0.717) is 18.2 Å². The van der Waals surface area contributed by atoms with Crippen LogP contribution in [0, 0.1) is 0 Å². The second-order valence-electron chi connectivity index (χ2n) is 3.94. The van der Waals surface area contributed by atoms with Gasteiger partial charge in [0, 0.05) is 0 Å². The third kappa shape index (κ3) is 3.82. The van der Waals surface area contributed by atoms with E-state index in [1.165, 1.54) is 11.8 Å². The molecule has 0 atom stereocenters. The van der Waals surface area contributed by atoms with Crippen molar-refractivity contribution in [2.45, 2.75) is 19.4 Å². The van der Waals surface area contributed by atoms with Crippen LogP contribution in [0.5, 0.6) is 5.88 Å². The number of aliphatic hydroxyl groups is 1. The van der Waals surface area contributed by atoms with Gasteiger partial charge in [-0.05, 0) is 18.4 Å². The molecule has 2 rings (SSSR count). The number of hydrogen-bond acceptors (Lipinski definition) is 4. The van der Waals surface area contributed by atoms with E-state index in [2.05, 4.69) is 22.1 Å². The number of nitrogens with zero attached hydrogens (tertiary/aromatic N) is 2. The van der Waals surface area contributed by atoms with Gasteiger partial charge in [-0.2, -0.15) is 0 Å². The zero-order valence-corrected chi connectivity index (χ0v) is 10.1. The molecular formula is C14H16N2O2. The van der Waals surface area contributed by atoms with Crippen LogP contribution in [0.4, 0.5) is 0 Å². The molecule has 0 aliphatic heterocycles. The Kier molecular flexibility index (Phi) is 4.67. The van der Waals surface area contributed by atoms with Crippen molar-refractivity contribution in [2.75, 3.05) is 6.61 Å². The van der Waals surface area contributed by atoms with Gasteiger partial charge in [0.15, 0.2) is 0 Å². The Morgan fingerprint density at radius 2 is 1.94 bits per heavy atom. The van der Waals surface area contributed by atoms with E-state index in [1.54, 1.807) is 6.20 Å². The quantitative estimate of drug-likeness (QED) is 0.789. The summed E-state index contributed by atoms with van der Waals surface area (Å²) in [7, 11) is 0. The van der Waals surface area contributed by atoms with Crippen molar-refractivity contribution in [2.24, 2.45) is 0 Å². The predicted molar refractivity (Wildman–Crippen MR) is 68.2 cm³/mol. The van der Waals surface area contributed by atoms with Crippen molar-refractivity contribution in [3.8, 4) is 5.88 Å². The lowest BCUT2D eigenvalue weighted by molar-refractivity contribution is 0.266. The molecule has 0 saturated carbocycles. The molecule has 1 aromatic carbocycles.